The van der Waals surface area contributed by atoms with Crippen LogP contribution in [0.25, 0.3) is 0 Å². The van der Waals surface area contributed by atoms with E-state index in [4.69, 9.17) is 14.2 Å². The fourth-order valence-electron chi connectivity index (χ4n) is 6.50. The lowest BCUT2D eigenvalue weighted by Gasteiger charge is -2.18. The van der Waals surface area contributed by atoms with Crippen LogP contribution in [0.2, 0.25) is 0 Å². The summed E-state index contributed by atoms with van der Waals surface area (Å²) in [4.78, 5) is 37.7. The van der Waals surface area contributed by atoms with E-state index >= 15 is 0 Å². The molecule has 0 heterocycles. The van der Waals surface area contributed by atoms with Crippen molar-refractivity contribution in [3.05, 3.63) is 36.5 Å². The molecule has 6 heteroatoms. The largest absolute Gasteiger partial charge is 0.462 e. The Hall–Kier alpha value is -2.37. The maximum absolute atomic E-state index is 12.7. The first-order valence-corrected chi connectivity index (χ1v) is 23.0. The third kappa shape index (κ3) is 40.8. The lowest BCUT2D eigenvalue weighted by atomic mass is 10.0. The Labute approximate surface area is 334 Å². The first kappa shape index (κ1) is 51.6. The zero-order valence-electron chi connectivity index (χ0n) is 35.7. The van der Waals surface area contributed by atoms with Gasteiger partial charge in [0.15, 0.2) is 6.10 Å². The molecule has 0 radical (unpaired) electrons. The Kier molecular flexibility index (Phi) is 41.5. The Bertz CT molecular complexity index is 922. The van der Waals surface area contributed by atoms with Crippen LogP contribution in [0.1, 0.15) is 233 Å². The number of unbranched alkanes of at least 4 members (excludes halogenated alkanes) is 26. The van der Waals surface area contributed by atoms with E-state index in [1.165, 1.54) is 109 Å². The van der Waals surface area contributed by atoms with Gasteiger partial charge in [-0.3, -0.25) is 14.4 Å². The van der Waals surface area contributed by atoms with Crippen LogP contribution in [-0.2, 0) is 28.6 Å². The van der Waals surface area contributed by atoms with E-state index in [0.29, 0.717) is 19.3 Å². The number of rotatable bonds is 41. The minimum absolute atomic E-state index is 0.0755. The van der Waals surface area contributed by atoms with Crippen molar-refractivity contribution >= 4 is 17.9 Å². The van der Waals surface area contributed by atoms with E-state index in [2.05, 4.69) is 57.2 Å². The number of allylic oxidation sites excluding steroid dienone is 6. The predicted molar refractivity (Wildman–Crippen MR) is 229 cm³/mol. The summed E-state index contributed by atoms with van der Waals surface area (Å²) in [5, 5.41) is 0. The van der Waals surface area contributed by atoms with Crippen LogP contribution in [0, 0.1) is 0 Å². The molecule has 0 aliphatic carbocycles. The van der Waals surface area contributed by atoms with Gasteiger partial charge >= 0.3 is 17.9 Å². The minimum Gasteiger partial charge on any atom is -0.462 e. The van der Waals surface area contributed by atoms with E-state index in [-0.39, 0.29) is 31.1 Å². The second kappa shape index (κ2) is 43.4. The molecule has 0 bridgehead atoms. The smallest absolute Gasteiger partial charge is 0.306 e. The average Bonchev–Trinajstić information content (AvgIpc) is 3.17. The number of carbonyl (C=O) groups is 3. The quantitative estimate of drug-likeness (QED) is 0.0267. The first-order chi connectivity index (χ1) is 26.5. The molecule has 1 atom stereocenters. The second-order valence-corrected chi connectivity index (χ2v) is 15.4. The van der Waals surface area contributed by atoms with Gasteiger partial charge in [-0.25, -0.2) is 0 Å². The first-order valence-electron chi connectivity index (χ1n) is 23.0. The summed E-state index contributed by atoms with van der Waals surface area (Å²) in [6.07, 6.45) is 48.4. The number of hydrogen-bond acceptors (Lipinski definition) is 6. The highest BCUT2D eigenvalue weighted by Gasteiger charge is 2.19. The summed E-state index contributed by atoms with van der Waals surface area (Å²) in [5.74, 6) is -0.894. The van der Waals surface area contributed by atoms with Crippen LogP contribution in [-0.4, -0.2) is 37.2 Å². The standard InChI is InChI=1S/C48H86O6/c1-4-7-10-13-16-19-22-24-26-29-32-35-38-41-47(50)53-44-45(43-52-46(49)40-37-34-31-28-21-18-15-12-9-6-3)54-48(51)42-39-36-33-30-27-25-23-20-17-14-11-8-5-2/h7,10,13,16,19,22,45H,4-6,8-9,11-12,14-15,17-18,20-21,23-44H2,1-3H3/b10-7-,16-13-,22-19-. The van der Waals surface area contributed by atoms with Crippen molar-refractivity contribution in [3.63, 3.8) is 0 Å². The Morgan fingerprint density at radius 3 is 1.11 bits per heavy atom. The zero-order valence-corrected chi connectivity index (χ0v) is 35.7. The molecule has 314 valence electrons. The van der Waals surface area contributed by atoms with Gasteiger partial charge in [-0.1, -0.05) is 211 Å². The van der Waals surface area contributed by atoms with Gasteiger partial charge in [-0.2, -0.15) is 0 Å². The maximum Gasteiger partial charge on any atom is 0.306 e. The van der Waals surface area contributed by atoms with Gasteiger partial charge in [-0.05, 0) is 38.5 Å². The summed E-state index contributed by atoms with van der Waals surface area (Å²) >= 11 is 0. The van der Waals surface area contributed by atoms with Crippen molar-refractivity contribution in [3.8, 4) is 0 Å². The average molecular weight is 759 g/mol. The maximum atomic E-state index is 12.7. The molecule has 0 aromatic rings. The van der Waals surface area contributed by atoms with Crippen LogP contribution < -0.4 is 0 Å². The van der Waals surface area contributed by atoms with Gasteiger partial charge in [-0.15, -0.1) is 0 Å². The molecular weight excluding hydrogens is 673 g/mol. The highest BCUT2D eigenvalue weighted by atomic mass is 16.6. The van der Waals surface area contributed by atoms with E-state index in [1.54, 1.807) is 0 Å². The van der Waals surface area contributed by atoms with E-state index in [9.17, 15) is 14.4 Å². The van der Waals surface area contributed by atoms with Gasteiger partial charge in [0, 0.05) is 19.3 Å². The summed E-state index contributed by atoms with van der Waals surface area (Å²) in [7, 11) is 0. The minimum atomic E-state index is -0.773. The van der Waals surface area contributed by atoms with Crippen LogP contribution in [0.5, 0.6) is 0 Å². The van der Waals surface area contributed by atoms with Crippen LogP contribution in [0.15, 0.2) is 36.5 Å². The molecular formula is C48H86O6. The summed E-state index contributed by atoms with van der Waals surface area (Å²) in [5.41, 5.74) is 0. The SMILES string of the molecule is CC\C=C/C=C\C=C/CCCCCCCC(=O)OCC(COC(=O)CCCCCCCCCCCC)OC(=O)CCCCCCCCCCCCCCC. The van der Waals surface area contributed by atoms with Crippen LogP contribution in [0.4, 0.5) is 0 Å². The second-order valence-electron chi connectivity index (χ2n) is 15.4. The number of carbonyl (C=O) groups excluding carboxylic acids is 3. The summed E-state index contributed by atoms with van der Waals surface area (Å²) < 4.78 is 16.7. The predicted octanol–water partition coefficient (Wildman–Crippen LogP) is 14.6. The highest BCUT2D eigenvalue weighted by molar-refractivity contribution is 5.71. The molecule has 0 saturated carbocycles. The zero-order chi connectivity index (χ0) is 39.4. The molecule has 6 nitrogen and oxygen atoms in total. The van der Waals surface area contributed by atoms with Crippen LogP contribution >= 0.6 is 0 Å². The lowest BCUT2D eigenvalue weighted by molar-refractivity contribution is -0.167. The topological polar surface area (TPSA) is 78.9 Å². The molecule has 0 saturated heterocycles. The van der Waals surface area contributed by atoms with Crippen molar-refractivity contribution in [2.45, 2.75) is 239 Å². The molecule has 0 aliphatic rings. The van der Waals surface area contributed by atoms with Gasteiger partial charge < -0.3 is 14.2 Å². The summed E-state index contributed by atoms with van der Waals surface area (Å²) in [6.45, 7) is 6.47. The molecule has 0 fully saturated rings. The van der Waals surface area contributed by atoms with Gasteiger partial charge in [0.05, 0.1) is 0 Å². The molecule has 0 spiro atoms. The Morgan fingerprint density at radius 1 is 0.389 bits per heavy atom. The van der Waals surface area contributed by atoms with Crippen LogP contribution in [0.3, 0.4) is 0 Å². The van der Waals surface area contributed by atoms with Crippen molar-refractivity contribution in [1.82, 2.24) is 0 Å². The van der Waals surface area contributed by atoms with Crippen molar-refractivity contribution in [1.29, 1.82) is 0 Å². The molecule has 0 aromatic carbocycles. The van der Waals surface area contributed by atoms with E-state index < -0.39 is 6.10 Å². The van der Waals surface area contributed by atoms with Crippen molar-refractivity contribution < 1.29 is 28.6 Å². The Morgan fingerprint density at radius 2 is 0.722 bits per heavy atom. The molecule has 1 unspecified atom stereocenters. The molecule has 54 heavy (non-hydrogen) atoms. The van der Waals surface area contributed by atoms with Crippen molar-refractivity contribution in [2.24, 2.45) is 0 Å². The Balaban J connectivity index is 4.38. The molecule has 0 amide bonds. The number of ether oxygens (including phenoxy) is 3. The normalized spacial score (nSPS) is 12.3. The third-order valence-corrected chi connectivity index (χ3v) is 9.97. The molecule has 0 rings (SSSR count). The fraction of sp³-hybridized carbons (Fsp3) is 0.812. The van der Waals surface area contributed by atoms with Gasteiger partial charge in [0.2, 0.25) is 0 Å². The van der Waals surface area contributed by atoms with E-state index in [0.717, 1.165) is 83.5 Å². The molecule has 0 N–H and O–H groups in total. The molecule has 0 aliphatic heterocycles. The number of hydrogen-bond donors (Lipinski definition) is 0. The molecule has 0 aromatic heterocycles. The van der Waals surface area contributed by atoms with Gasteiger partial charge in [0.1, 0.15) is 13.2 Å². The van der Waals surface area contributed by atoms with E-state index in [1.807, 2.05) is 0 Å². The highest BCUT2D eigenvalue weighted by Crippen LogP contribution is 2.15. The lowest BCUT2D eigenvalue weighted by Crippen LogP contribution is -2.30. The third-order valence-electron chi connectivity index (χ3n) is 9.97. The fourth-order valence-corrected chi connectivity index (χ4v) is 6.50. The van der Waals surface area contributed by atoms with Gasteiger partial charge in [0.25, 0.3) is 0 Å². The van der Waals surface area contributed by atoms with Crippen molar-refractivity contribution in [2.75, 3.05) is 13.2 Å². The summed E-state index contributed by atoms with van der Waals surface area (Å²) in [6, 6.07) is 0. The monoisotopic (exact) mass is 759 g/mol. The number of esters is 3.